The number of nitro benzene ring substituents is 1. The SMILES string of the molecule is Cc1ccc(S(=O)(=O)N(CCN)N2C(=O)c3cccc4cccc(c34)C2=O)cc1[N+](=O)[O-]. The Labute approximate surface area is 183 Å². The Kier molecular flexibility index (Phi) is 5.25. The lowest BCUT2D eigenvalue weighted by atomic mass is 9.95. The number of carbonyl (C=O) groups excluding carboxylic acids is 2. The van der Waals surface area contributed by atoms with Crippen molar-refractivity contribution >= 4 is 38.3 Å². The van der Waals surface area contributed by atoms with Gasteiger partial charge in [-0.25, -0.2) is 8.42 Å². The molecule has 2 N–H and O–H groups in total. The molecule has 1 aliphatic rings. The third kappa shape index (κ3) is 3.23. The predicted octanol–water partition coefficient (Wildman–Crippen LogP) is 2.22. The number of sulfonamides is 1. The number of benzene rings is 3. The summed E-state index contributed by atoms with van der Waals surface area (Å²) in [6.07, 6.45) is 0. The first-order chi connectivity index (χ1) is 15.2. The van der Waals surface area contributed by atoms with E-state index in [1.807, 2.05) is 0 Å². The average molecular weight is 454 g/mol. The predicted molar refractivity (Wildman–Crippen MR) is 115 cm³/mol. The number of nitro groups is 1. The molecule has 0 aliphatic carbocycles. The van der Waals surface area contributed by atoms with Crippen LogP contribution in [0.2, 0.25) is 0 Å². The van der Waals surface area contributed by atoms with Gasteiger partial charge in [-0.05, 0) is 30.5 Å². The van der Waals surface area contributed by atoms with Crippen molar-refractivity contribution in [3.63, 3.8) is 0 Å². The fourth-order valence-corrected chi connectivity index (χ4v) is 5.18. The first-order valence-corrected chi connectivity index (χ1v) is 11.0. The molecule has 32 heavy (non-hydrogen) atoms. The molecule has 0 unspecified atom stereocenters. The molecule has 0 saturated heterocycles. The summed E-state index contributed by atoms with van der Waals surface area (Å²) < 4.78 is 27.5. The molecule has 164 valence electrons. The summed E-state index contributed by atoms with van der Waals surface area (Å²) in [6, 6.07) is 13.2. The van der Waals surface area contributed by atoms with Crippen molar-refractivity contribution < 1.29 is 22.9 Å². The monoisotopic (exact) mass is 454 g/mol. The van der Waals surface area contributed by atoms with Gasteiger partial charge in [0.1, 0.15) is 0 Å². The Morgan fingerprint density at radius 1 is 1.03 bits per heavy atom. The van der Waals surface area contributed by atoms with E-state index in [0.717, 1.165) is 6.07 Å². The standard InChI is InChI=1S/C21H18N4O6S/c1-13-8-9-15(12-18(13)25(28)29)32(30,31)23(11-10-22)24-20(26)16-6-2-4-14-5-3-7-17(19(14)16)21(24)27/h2-9,12H,10-11,22H2,1H3. The zero-order valence-corrected chi connectivity index (χ0v) is 17.7. The molecule has 2 amide bonds. The molecule has 1 heterocycles. The Morgan fingerprint density at radius 2 is 1.62 bits per heavy atom. The summed E-state index contributed by atoms with van der Waals surface area (Å²) in [5, 5.41) is 13.0. The van der Waals surface area contributed by atoms with Gasteiger partial charge in [-0.2, -0.15) is 5.01 Å². The minimum absolute atomic E-state index is 0.171. The summed E-state index contributed by atoms with van der Waals surface area (Å²) in [6.45, 7) is 0.886. The average Bonchev–Trinajstić information content (AvgIpc) is 2.76. The number of hydrazine groups is 1. The Balaban J connectivity index is 1.88. The summed E-state index contributed by atoms with van der Waals surface area (Å²) in [5.74, 6) is -1.64. The van der Waals surface area contributed by atoms with Gasteiger partial charge < -0.3 is 5.73 Å². The number of nitrogens with zero attached hydrogens (tertiary/aromatic N) is 3. The molecule has 3 aromatic rings. The van der Waals surface area contributed by atoms with E-state index in [9.17, 15) is 28.1 Å². The lowest BCUT2D eigenvalue weighted by Gasteiger charge is -2.35. The number of carbonyl (C=O) groups is 2. The van der Waals surface area contributed by atoms with Crippen molar-refractivity contribution in [2.24, 2.45) is 5.73 Å². The summed E-state index contributed by atoms with van der Waals surface area (Å²) >= 11 is 0. The molecule has 3 aromatic carbocycles. The molecular weight excluding hydrogens is 436 g/mol. The van der Waals surface area contributed by atoms with E-state index in [1.165, 1.54) is 31.2 Å². The molecule has 10 nitrogen and oxygen atoms in total. The number of imide groups is 1. The van der Waals surface area contributed by atoms with Crippen molar-refractivity contribution in [2.45, 2.75) is 11.8 Å². The van der Waals surface area contributed by atoms with Gasteiger partial charge in [0, 0.05) is 30.1 Å². The van der Waals surface area contributed by atoms with Crippen LogP contribution in [-0.2, 0) is 10.0 Å². The number of hydrogen-bond donors (Lipinski definition) is 1. The molecule has 1 aliphatic heterocycles. The van der Waals surface area contributed by atoms with Crippen molar-refractivity contribution in [3.05, 3.63) is 81.4 Å². The molecule has 0 atom stereocenters. The van der Waals surface area contributed by atoms with Crippen molar-refractivity contribution in [2.75, 3.05) is 13.1 Å². The van der Waals surface area contributed by atoms with E-state index in [2.05, 4.69) is 0 Å². The number of nitrogens with two attached hydrogens (primary N) is 1. The second-order valence-electron chi connectivity index (χ2n) is 7.18. The molecule has 0 fully saturated rings. The maximum Gasteiger partial charge on any atom is 0.277 e. The third-order valence-electron chi connectivity index (χ3n) is 5.25. The van der Waals surface area contributed by atoms with Gasteiger partial charge in [-0.3, -0.25) is 19.7 Å². The van der Waals surface area contributed by atoms with Crippen LogP contribution in [-0.4, -0.2) is 47.7 Å². The van der Waals surface area contributed by atoms with Crippen molar-refractivity contribution in [1.82, 2.24) is 9.42 Å². The molecule has 0 radical (unpaired) electrons. The fourth-order valence-electron chi connectivity index (χ4n) is 3.73. The van der Waals surface area contributed by atoms with E-state index in [0.29, 0.717) is 20.2 Å². The molecule has 0 bridgehead atoms. The van der Waals surface area contributed by atoms with Crippen LogP contribution in [0.5, 0.6) is 0 Å². The van der Waals surface area contributed by atoms with Gasteiger partial charge in [0.05, 0.1) is 20.9 Å². The largest absolute Gasteiger partial charge is 0.329 e. The van der Waals surface area contributed by atoms with Gasteiger partial charge in [0.2, 0.25) is 0 Å². The maximum atomic E-state index is 13.5. The molecule has 11 heteroatoms. The molecule has 0 aromatic heterocycles. The normalized spacial score (nSPS) is 13.8. The van der Waals surface area contributed by atoms with Gasteiger partial charge in [0.15, 0.2) is 0 Å². The van der Waals surface area contributed by atoms with Crippen LogP contribution >= 0.6 is 0 Å². The number of aryl methyl sites for hydroxylation is 1. The van der Waals surface area contributed by atoms with Crippen LogP contribution in [0.1, 0.15) is 26.3 Å². The van der Waals surface area contributed by atoms with Gasteiger partial charge in [0.25, 0.3) is 27.5 Å². The second-order valence-corrected chi connectivity index (χ2v) is 9.02. The highest BCUT2D eigenvalue weighted by Crippen LogP contribution is 2.33. The van der Waals surface area contributed by atoms with Crippen LogP contribution < -0.4 is 5.73 Å². The zero-order valence-electron chi connectivity index (χ0n) is 16.9. The van der Waals surface area contributed by atoms with E-state index in [1.54, 1.807) is 24.3 Å². The lowest BCUT2D eigenvalue weighted by molar-refractivity contribution is -0.385. The van der Waals surface area contributed by atoms with Crippen LogP contribution in [0.4, 0.5) is 5.69 Å². The maximum absolute atomic E-state index is 13.5. The minimum atomic E-state index is -4.54. The summed E-state index contributed by atoms with van der Waals surface area (Å²) in [4.78, 5) is 36.8. The van der Waals surface area contributed by atoms with Crippen molar-refractivity contribution in [3.8, 4) is 0 Å². The quantitative estimate of drug-likeness (QED) is 0.342. The molecule has 0 saturated carbocycles. The Bertz CT molecular complexity index is 1350. The second kappa shape index (κ2) is 7.79. The van der Waals surface area contributed by atoms with Gasteiger partial charge in [-0.15, -0.1) is 0 Å². The Morgan fingerprint density at radius 3 is 2.16 bits per heavy atom. The van der Waals surface area contributed by atoms with Crippen LogP contribution in [0.3, 0.4) is 0 Å². The van der Waals surface area contributed by atoms with Crippen LogP contribution in [0.25, 0.3) is 10.8 Å². The van der Waals surface area contributed by atoms with Crippen molar-refractivity contribution in [1.29, 1.82) is 0 Å². The zero-order chi connectivity index (χ0) is 23.2. The highest BCUT2D eigenvalue weighted by Gasteiger charge is 2.42. The van der Waals surface area contributed by atoms with E-state index < -0.39 is 37.3 Å². The topological polar surface area (TPSA) is 144 Å². The van der Waals surface area contributed by atoms with E-state index in [4.69, 9.17) is 5.73 Å². The summed E-state index contributed by atoms with van der Waals surface area (Å²) in [7, 11) is -4.54. The van der Waals surface area contributed by atoms with E-state index >= 15 is 0 Å². The van der Waals surface area contributed by atoms with Gasteiger partial charge in [-0.1, -0.05) is 34.7 Å². The first-order valence-electron chi connectivity index (χ1n) is 9.56. The first kappa shape index (κ1) is 21.6. The fraction of sp³-hybridized carbons (Fsp3) is 0.143. The van der Waals surface area contributed by atoms with Crippen LogP contribution in [0.15, 0.2) is 59.5 Å². The highest BCUT2D eigenvalue weighted by atomic mass is 32.2. The number of rotatable bonds is 6. The lowest BCUT2D eigenvalue weighted by Crippen LogP contribution is -2.55. The Hall–Kier alpha value is -3.67. The molecule has 4 rings (SSSR count). The summed E-state index contributed by atoms with van der Waals surface area (Å²) in [5.41, 5.74) is 5.82. The molecular formula is C21H18N4O6S. The minimum Gasteiger partial charge on any atom is -0.329 e. The third-order valence-corrected chi connectivity index (χ3v) is 7.00. The smallest absolute Gasteiger partial charge is 0.277 e. The van der Waals surface area contributed by atoms with E-state index in [-0.39, 0.29) is 29.8 Å². The van der Waals surface area contributed by atoms with Gasteiger partial charge >= 0.3 is 0 Å². The molecule has 0 spiro atoms. The number of amides is 2. The van der Waals surface area contributed by atoms with Crippen LogP contribution in [0, 0.1) is 17.0 Å². The highest BCUT2D eigenvalue weighted by molar-refractivity contribution is 7.89. The number of hydrogen-bond acceptors (Lipinski definition) is 7.